The molecule has 0 bridgehead atoms. The molecule has 0 aromatic carbocycles. The second kappa shape index (κ2) is 11.7. The molecule has 0 N–H and O–H groups in total. The SMILES string of the molecule is C=CC(=O)N1CCN(c2nc(OC[C@@H]3CCCN3C)nc3c(F)c(C4=CCCC5=C4CC(C)(C)C5)ncc23)C[C@@H]1CC#N. The molecule has 2 saturated heterocycles. The third kappa shape index (κ3) is 5.63. The lowest BCUT2D eigenvalue weighted by Crippen LogP contribution is -2.55. The Kier molecular flexibility index (Phi) is 7.94. The first-order valence-electron chi connectivity index (χ1n) is 15.3. The number of carbonyl (C=O) groups is 1. The number of hydrogen-bond acceptors (Lipinski definition) is 8. The van der Waals surface area contributed by atoms with Gasteiger partial charge in [0.25, 0.3) is 0 Å². The highest BCUT2D eigenvalue weighted by molar-refractivity contribution is 5.93. The van der Waals surface area contributed by atoms with Crippen molar-refractivity contribution in [3.05, 3.63) is 47.6 Å². The number of rotatable bonds is 7. The van der Waals surface area contributed by atoms with Crippen LogP contribution in [0.1, 0.15) is 64.5 Å². The summed E-state index contributed by atoms with van der Waals surface area (Å²) in [6.07, 6.45) is 11.2. The van der Waals surface area contributed by atoms with Crippen LogP contribution in [0.2, 0.25) is 0 Å². The van der Waals surface area contributed by atoms with Crippen LogP contribution in [-0.2, 0) is 4.79 Å². The summed E-state index contributed by atoms with van der Waals surface area (Å²) >= 11 is 0. The monoisotopic (exact) mass is 585 g/mol. The zero-order valence-electron chi connectivity index (χ0n) is 25.4. The van der Waals surface area contributed by atoms with Gasteiger partial charge in [0.15, 0.2) is 5.82 Å². The van der Waals surface area contributed by atoms with Crippen LogP contribution >= 0.6 is 0 Å². The number of pyridine rings is 1. The summed E-state index contributed by atoms with van der Waals surface area (Å²) in [7, 11) is 2.08. The van der Waals surface area contributed by atoms with Gasteiger partial charge in [0.2, 0.25) is 5.91 Å². The van der Waals surface area contributed by atoms with Gasteiger partial charge in [-0.05, 0) is 69.2 Å². The number of nitrogens with zero attached hydrogens (tertiary/aromatic N) is 7. The third-order valence-corrected chi connectivity index (χ3v) is 9.44. The number of amides is 1. The van der Waals surface area contributed by atoms with Crippen molar-refractivity contribution in [3.8, 4) is 12.1 Å². The van der Waals surface area contributed by atoms with Crippen LogP contribution < -0.4 is 9.64 Å². The van der Waals surface area contributed by atoms with E-state index in [1.54, 1.807) is 11.1 Å². The smallest absolute Gasteiger partial charge is 0.319 e. The molecule has 6 rings (SSSR count). The van der Waals surface area contributed by atoms with Crippen molar-refractivity contribution < 1.29 is 13.9 Å². The maximum atomic E-state index is 16.6. The van der Waals surface area contributed by atoms with Crippen molar-refractivity contribution in [1.29, 1.82) is 5.26 Å². The molecule has 0 saturated carbocycles. The van der Waals surface area contributed by atoms with Crippen molar-refractivity contribution in [2.75, 3.05) is 44.7 Å². The number of halogens is 1. The lowest BCUT2D eigenvalue weighted by molar-refractivity contribution is -0.128. The van der Waals surface area contributed by atoms with Crippen molar-refractivity contribution in [2.24, 2.45) is 5.41 Å². The Morgan fingerprint density at radius 3 is 2.84 bits per heavy atom. The average Bonchev–Trinajstić information content (AvgIpc) is 3.56. The lowest BCUT2D eigenvalue weighted by Gasteiger charge is -2.41. The molecule has 4 heterocycles. The normalized spacial score (nSPS) is 23.7. The fraction of sp³-hybridized carbons (Fsp3) is 0.545. The molecule has 9 nitrogen and oxygen atoms in total. The number of piperazine rings is 1. The van der Waals surface area contributed by atoms with Crippen LogP contribution in [-0.4, -0.2) is 82.6 Å². The van der Waals surface area contributed by atoms with Crippen molar-refractivity contribution in [1.82, 2.24) is 24.8 Å². The summed E-state index contributed by atoms with van der Waals surface area (Å²) in [6, 6.07) is 2.22. The number of nitriles is 1. The van der Waals surface area contributed by atoms with E-state index >= 15 is 4.39 Å². The minimum absolute atomic E-state index is 0.125. The van der Waals surface area contributed by atoms with Crippen LogP contribution in [0, 0.1) is 22.6 Å². The van der Waals surface area contributed by atoms with Crippen molar-refractivity contribution in [2.45, 2.75) is 70.9 Å². The van der Waals surface area contributed by atoms with E-state index in [1.165, 1.54) is 17.2 Å². The number of anilines is 1. The minimum atomic E-state index is -0.470. The van der Waals surface area contributed by atoms with E-state index in [4.69, 9.17) is 14.7 Å². The maximum Gasteiger partial charge on any atom is 0.319 e. The first-order chi connectivity index (χ1) is 20.7. The van der Waals surface area contributed by atoms with Crippen molar-refractivity contribution in [3.63, 3.8) is 0 Å². The molecular formula is C33H40FN7O2. The van der Waals surface area contributed by atoms with Gasteiger partial charge < -0.3 is 19.4 Å². The Morgan fingerprint density at radius 2 is 2.09 bits per heavy atom. The topological polar surface area (TPSA) is 98.5 Å². The molecule has 10 heteroatoms. The minimum Gasteiger partial charge on any atom is -0.462 e. The number of hydrogen-bond donors (Lipinski definition) is 0. The Balaban J connectivity index is 1.40. The molecule has 43 heavy (non-hydrogen) atoms. The molecule has 2 fully saturated rings. The zero-order valence-corrected chi connectivity index (χ0v) is 25.4. The highest BCUT2D eigenvalue weighted by Crippen LogP contribution is 2.50. The van der Waals surface area contributed by atoms with E-state index in [1.807, 2.05) is 4.90 Å². The van der Waals surface area contributed by atoms with E-state index in [2.05, 4.69) is 49.5 Å². The number of carbonyl (C=O) groups excluding carboxylic acids is 1. The molecule has 2 aliphatic heterocycles. The average molecular weight is 586 g/mol. The molecular weight excluding hydrogens is 545 g/mol. The lowest BCUT2D eigenvalue weighted by atomic mass is 9.87. The Morgan fingerprint density at radius 1 is 1.26 bits per heavy atom. The van der Waals surface area contributed by atoms with Gasteiger partial charge >= 0.3 is 6.01 Å². The Bertz CT molecular complexity index is 1560. The third-order valence-electron chi connectivity index (χ3n) is 9.44. The number of allylic oxidation sites excluding steroid dienone is 4. The van der Waals surface area contributed by atoms with Crippen LogP contribution in [0.4, 0.5) is 10.2 Å². The predicted octanol–water partition coefficient (Wildman–Crippen LogP) is 5.05. The molecule has 2 aromatic rings. The first-order valence-corrected chi connectivity index (χ1v) is 15.3. The fourth-order valence-corrected chi connectivity index (χ4v) is 7.24. The molecule has 2 atom stereocenters. The van der Waals surface area contributed by atoms with Gasteiger partial charge in [-0.15, -0.1) is 0 Å². The second-order valence-electron chi connectivity index (χ2n) is 13.1. The van der Waals surface area contributed by atoms with Crippen molar-refractivity contribution >= 4 is 28.2 Å². The van der Waals surface area contributed by atoms with E-state index in [0.717, 1.165) is 50.6 Å². The summed E-state index contributed by atoms with van der Waals surface area (Å²) in [5, 5.41) is 9.99. The van der Waals surface area contributed by atoms with Crippen LogP contribution in [0.15, 0.2) is 36.1 Å². The van der Waals surface area contributed by atoms with Gasteiger partial charge in [0.05, 0.1) is 23.9 Å². The van der Waals surface area contributed by atoms with Gasteiger partial charge in [-0.25, -0.2) is 4.39 Å². The molecule has 1 amide bonds. The number of fused-ring (bicyclic) bond motifs is 1. The quantitative estimate of drug-likeness (QED) is 0.417. The van der Waals surface area contributed by atoms with Gasteiger partial charge in [-0.2, -0.15) is 15.2 Å². The molecule has 0 spiro atoms. The summed E-state index contributed by atoms with van der Waals surface area (Å²) in [5.41, 5.74) is 4.17. The molecule has 2 aliphatic carbocycles. The number of likely N-dealkylation sites (tertiary alicyclic amines) is 1. The number of ether oxygens (including phenoxy) is 1. The Labute approximate surface area is 252 Å². The second-order valence-corrected chi connectivity index (χ2v) is 13.1. The predicted molar refractivity (Wildman–Crippen MR) is 164 cm³/mol. The number of likely N-dealkylation sites (N-methyl/N-ethyl adjacent to an activating group) is 1. The largest absolute Gasteiger partial charge is 0.462 e. The first kappa shape index (κ1) is 29.2. The Hall–Kier alpha value is -3.84. The summed E-state index contributed by atoms with van der Waals surface area (Å²) in [5.74, 6) is -0.173. The summed E-state index contributed by atoms with van der Waals surface area (Å²) < 4.78 is 22.8. The van der Waals surface area contributed by atoms with E-state index in [9.17, 15) is 10.1 Å². The highest BCUT2D eigenvalue weighted by Gasteiger charge is 2.36. The molecule has 2 aromatic heterocycles. The van der Waals surface area contributed by atoms with Gasteiger partial charge in [0.1, 0.15) is 23.6 Å². The fourth-order valence-electron chi connectivity index (χ4n) is 7.24. The highest BCUT2D eigenvalue weighted by atomic mass is 19.1. The van der Waals surface area contributed by atoms with Crippen LogP contribution in [0.3, 0.4) is 0 Å². The van der Waals surface area contributed by atoms with Gasteiger partial charge in [0, 0.05) is 37.4 Å². The molecule has 0 unspecified atom stereocenters. The maximum absolute atomic E-state index is 16.6. The zero-order chi connectivity index (χ0) is 30.3. The van der Waals surface area contributed by atoms with E-state index < -0.39 is 5.82 Å². The van der Waals surface area contributed by atoms with E-state index in [-0.39, 0.29) is 41.4 Å². The van der Waals surface area contributed by atoms with Gasteiger partial charge in [-0.1, -0.05) is 32.1 Å². The van der Waals surface area contributed by atoms with Crippen LogP contribution in [0.5, 0.6) is 6.01 Å². The van der Waals surface area contributed by atoms with Gasteiger partial charge in [-0.3, -0.25) is 9.78 Å². The summed E-state index contributed by atoms with van der Waals surface area (Å²) in [6.45, 7) is 10.8. The number of aromatic nitrogens is 3. The molecule has 4 aliphatic rings. The van der Waals surface area contributed by atoms with E-state index in [0.29, 0.717) is 43.1 Å². The van der Waals surface area contributed by atoms with Crippen LogP contribution in [0.25, 0.3) is 16.5 Å². The summed E-state index contributed by atoms with van der Waals surface area (Å²) in [4.78, 5) is 32.5. The molecule has 226 valence electrons. The molecule has 0 radical (unpaired) electrons. The standard InChI is InChI=1S/C33H40FN7O2/c1-5-27(42)41-15-14-40(19-22(41)11-12-35)31-26-18-36-29(24-10-6-8-21-16-33(2,3)17-25(21)24)28(34)30(26)37-32(38-31)43-20-23-9-7-13-39(23)4/h5,10,18,22-23H,1,6-9,11,13-17,19-20H2,2-4H3/t22-,23-/m0/s1.